The summed E-state index contributed by atoms with van der Waals surface area (Å²) in [4.78, 5) is 27.5. The van der Waals surface area contributed by atoms with Gasteiger partial charge in [0.1, 0.15) is 0 Å². The predicted molar refractivity (Wildman–Crippen MR) is 106 cm³/mol. The molecule has 2 aliphatic carbocycles. The van der Waals surface area contributed by atoms with Crippen LogP contribution in [0.3, 0.4) is 0 Å². The highest BCUT2D eigenvalue weighted by molar-refractivity contribution is 7.92. The van der Waals surface area contributed by atoms with Gasteiger partial charge in [0.25, 0.3) is 0 Å². The Balaban J connectivity index is 1.70. The summed E-state index contributed by atoms with van der Waals surface area (Å²) in [5.41, 5.74) is -0.111. The van der Waals surface area contributed by atoms with Crippen LogP contribution in [0.25, 0.3) is 5.57 Å². The number of aliphatic carboxylic acids is 1. The van der Waals surface area contributed by atoms with Gasteiger partial charge in [0.15, 0.2) is 15.6 Å². The molecular weight excluding hydrogens is 390 g/mol. The van der Waals surface area contributed by atoms with Crippen molar-refractivity contribution < 1.29 is 23.1 Å². The molecule has 1 heterocycles. The van der Waals surface area contributed by atoms with Crippen molar-refractivity contribution in [2.75, 3.05) is 7.05 Å². The Kier molecular flexibility index (Phi) is 3.70. The molecule has 1 saturated carbocycles. The van der Waals surface area contributed by atoms with Crippen molar-refractivity contribution in [3.63, 3.8) is 0 Å². The number of sulfone groups is 1. The van der Waals surface area contributed by atoms with Crippen molar-refractivity contribution in [3.8, 4) is 0 Å². The number of carboxylic acids is 1. The highest BCUT2D eigenvalue weighted by Gasteiger charge is 2.80. The van der Waals surface area contributed by atoms with E-state index in [4.69, 9.17) is 0 Å². The van der Waals surface area contributed by atoms with Crippen molar-refractivity contribution in [2.24, 2.45) is 5.92 Å². The Morgan fingerprint density at radius 1 is 1.07 bits per heavy atom. The minimum absolute atomic E-state index is 0.0717. The smallest absolute Gasteiger partial charge is 0.332 e. The summed E-state index contributed by atoms with van der Waals surface area (Å²) in [7, 11) is -1.96. The van der Waals surface area contributed by atoms with Gasteiger partial charge < -0.3 is 5.11 Å². The third-order valence-electron chi connectivity index (χ3n) is 6.73. The van der Waals surface area contributed by atoms with Crippen LogP contribution >= 0.6 is 0 Å². The molecule has 5 unspecified atom stereocenters. The van der Waals surface area contributed by atoms with E-state index >= 15 is 0 Å². The fraction of sp³-hybridized carbons (Fsp3) is 0.273. The monoisotopic (exact) mass is 409 g/mol. The lowest BCUT2D eigenvalue weighted by molar-refractivity contribution is -0.134. The molecule has 0 aromatic heterocycles. The molecular formula is C22H19NO5S. The predicted octanol–water partition coefficient (Wildman–Crippen LogP) is 2.02. The van der Waals surface area contributed by atoms with E-state index in [-0.39, 0.29) is 28.2 Å². The second-order valence-corrected chi connectivity index (χ2v) is 10.1. The van der Waals surface area contributed by atoms with E-state index in [1.807, 2.05) is 4.90 Å². The average Bonchev–Trinajstić information content (AvgIpc) is 3.34. The Bertz CT molecular complexity index is 1170. The van der Waals surface area contributed by atoms with Crippen LogP contribution in [0.4, 0.5) is 0 Å². The number of hydrogen-bond acceptors (Lipinski definition) is 5. The molecule has 7 heteroatoms. The van der Waals surface area contributed by atoms with Gasteiger partial charge in [-0.2, -0.15) is 0 Å². The van der Waals surface area contributed by atoms with Gasteiger partial charge in [-0.1, -0.05) is 48.5 Å². The molecule has 3 aliphatic rings. The van der Waals surface area contributed by atoms with Gasteiger partial charge in [-0.05, 0) is 31.2 Å². The quantitative estimate of drug-likeness (QED) is 0.777. The van der Waals surface area contributed by atoms with E-state index in [0.717, 1.165) is 0 Å². The van der Waals surface area contributed by atoms with Gasteiger partial charge in [-0.25, -0.2) is 13.2 Å². The number of rotatable bonds is 4. The molecule has 2 aromatic carbocycles. The Labute approximate surface area is 168 Å². The largest absolute Gasteiger partial charge is 0.478 e. The van der Waals surface area contributed by atoms with Crippen molar-refractivity contribution in [2.45, 2.75) is 28.1 Å². The number of benzene rings is 2. The summed E-state index contributed by atoms with van der Waals surface area (Å²) in [6.07, 6.45) is 0.265. The second-order valence-electron chi connectivity index (χ2n) is 7.91. The first-order chi connectivity index (χ1) is 13.8. The highest BCUT2D eigenvalue weighted by atomic mass is 32.2. The molecule has 148 valence electrons. The van der Waals surface area contributed by atoms with E-state index in [9.17, 15) is 23.1 Å². The van der Waals surface area contributed by atoms with E-state index < -0.39 is 38.6 Å². The molecule has 5 atom stereocenters. The average molecular weight is 409 g/mol. The zero-order chi connectivity index (χ0) is 20.6. The number of Topliss-reactive ketones (excluding diaryl/α,β-unsaturated/α-hetero) is 1. The highest BCUT2D eigenvalue weighted by Crippen LogP contribution is 2.67. The zero-order valence-corrected chi connectivity index (χ0v) is 16.5. The standard InChI is InChI=1S/C22H19NO5S/c1-23-20-19(24)16(13-8-4-2-5-9-13)17(21(25)26)18-15(12-22(18,20)23)29(27,28)14-10-6-3-7-11-14/h2-11,15,18,20H,12H2,1H3,(H,25,26). The minimum atomic E-state index is -3.73. The normalized spacial score (nSPS) is 32.8. The molecule has 5 rings (SSSR count). The first-order valence-electron chi connectivity index (χ1n) is 9.41. The van der Waals surface area contributed by atoms with Crippen molar-refractivity contribution in [1.29, 1.82) is 0 Å². The number of carbonyl (C=O) groups excluding carboxylic acids is 1. The molecule has 0 bridgehead atoms. The van der Waals surface area contributed by atoms with Crippen LogP contribution in [0.1, 0.15) is 12.0 Å². The van der Waals surface area contributed by atoms with Crippen molar-refractivity contribution in [3.05, 3.63) is 71.8 Å². The van der Waals surface area contributed by atoms with Gasteiger partial charge in [-0.15, -0.1) is 0 Å². The van der Waals surface area contributed by atoms with Crippen LogP contribution < -0.4 is 0 Å². The Morgan fingerprint density at radius 2 is 1.66 bits per heavy atom. The number of carbonyl (C=O) groups is 2. The SMILES string of the molecule is CN1C2C(=O)C(c3ccccc3)=C(C(=O)O)C3C(S(=O)(=O)c4ccccc4)CC321. The lowest BCUT2D eigenvalue weighted by Crippen LogP contribution is -2.59. The third kappa shape index (κ3) is 2.22. The van der Waals surface area contributed by atoms with E-state index in [1.54, 1.807) is 55.6 Å². The number of ketones is 1. The molecule has 2 fully saturated rings. The maximum Gasteiger partial charge on any atom is 0.332 e. The van der Waals surface area contributed by atoms with Crippen LogP contribution in [-0.2, 0) is 19.4 Å². The molecule has 2 aromatic rings. The van der Waals surface area contributed by atoms with Crippen LogP contribution in [-0.4, -0.2) is 54.1 Å². The maximum atomic E-state index is 13.3. The second kappa shape index (κ2) is 5.87. The van der Waals surface area contributed by atoms with E-state index in [0.29, 0.717) is 5.56 Å². The van der Waals surface area contributed by atoms with Gasteiger partial charge in [-0.3, -0.25) is 9.69 Å². The van der Waals surface area contributed by atoms with Crippen LogP contribution in [0, 0.1) is 5.92 Å². The van der Waals surface area contributed by atoms with Gasteiger partial charge >= 0.3 is 5.97 Å². The minimum Gasteiger partial charge on any atom is -0.478 e. The summed E-state index contributed by atoms with van der Waals surface area (Å²) < 4.78 is 26.6. The molecule has 1 spiro atoms. The Hall–Kier alpha value is -2.77. The molecule has 1 aliphatic heterocycles. The maximum absolute atomic E-state index is 13.3. The first-order valence-corrected chi connectivity index (χ1v) is 11.0. The summed E-state index contributed by atoms with van der Waals surface area (Å²) in [5, 5.41) is 9.19. The van der Waals surface area contributed by atoms with Crippen LogP contribution in [0.2, 0.25) is 0 Å². The van der Waals surface area contributed by atoms with Gasteiger partial charge in [0.05, 0.1) is 27.3 Å². The van der Waals surface area contributed by atoms with Gasteiger partial charge in [0.2, 0.25) is 0 Å². The molecule has 1 saturated heterocycles. The summed E-state index contributed by atoms with van der Waals surface area (Å²) in [5.74, 6) is -2.20. The van der Waals surface area contributed by atoms with E-state index in [2.05, 4.69) is 0 Å². The summed E-state index contributed by atoms with van der Waals surface area (Å²) in [6.45, 7) is 0. The Morgan fingerprint density at radius 3 is 2.24 bits per heavy atom. The molecule has 1 N–H and O–H groups in total. The third-order valence-corrected chi connectivity index (χ3v) is 8.89. The number of carboxylic acid groups (broad SMARTS) is 1. The van der Waals surface area contributed by atoms with Crippen molar-refractivity contribution in [1.82, 2.24) is 4.90 Å². The fourth-order valence-electron chi connectivity index (χ4n) is 5.34. The first kappa shape index (κ1) is 18.3. The number of likely N-dealkylation sites (N-methyl/N-ethyl adjacent to an activating group) is 1. The molecule has 6 nitrogen and oxygen atoms in total. The summed E-state index contributed by atoms with van der Waals surface area (Å²) in [6, 6.07) is 16.3. The molecule has 0 amide bonds. The van der Waals surface area contributed by atoms with Crippen molar-refractivity contribution >= 4 is 27.2 Å². The van der Waals surface area contributed by atoms with Crippen LogP contribution in [0.15, 0.2) is 71.1 Å². The fourth-order valence-corrected chi connectivity index (χ4v) is 7.45. The number of hydrogen-bond donors (Lipinski definition) is 1. The van der Waals surface area contributed by atoms with Gasteiger partial charge in [0, 0.05) is 11.5 Å². The number of nitrogens with zero attached hydrogens (tertiary/aromatic N) is 1. The topological polar surface area (TPSA) is 91.5 Å². The van der Waals surface area contributed by atoms with Crippen LogP contribution in [0.5, 0.6) is 0 Å². The summed E-state index contributed by atoms with van der Waals surface area (Å²) >= 11 is 0. The lowest BCUT2D eigenvalue weighted by Gasteiger charge is -2.47. The zero-order valence-electron chi connectivity index (χ0n) is 15.6. The van der Waals surface area contributed by atoms with E-state index in [1.165, 1.54) is 12.1 Å². The lowest BCUT2D eigenvalue weighted by atomic mass is 9.60. The molecule has 0 radical (unpaired) electrons. The molecule has 29 heavy (non-hydrogen) atoms.